The summed E-state index contributed by atoms with van der Waals surface area (Å²) in [4.78, 5) is 11.0. The van der Waals surface area contributed by atoms with Crippen LogP contribution in [0.1, 0.15) is 18.1 Å². The Balaban J connectivity index is 2.00. The second-order valence-corrected chi connectivity index (χ2v) is 4.61. The average molecular weight is 254 g/mol. The predicted octanol–water partition coefficient (Wildman–Crippen LogP) is 3.19. The molecule has 0 heterocycles. The van der Waals surface area contributed by atoms with E-state index in [1.165, 1.54) is 29.2 Å². The van der Waals surface area contributed by atoms with Crippen molar-refractivity contribution >= 4 is 5.97 Å². The van der Waals surface area contributed by atoms with Crippen LogP contribution < -0.4 is 9.47 Å². The minimum atomic E-state index is -0.294. The molecule has 2 aromatic carbocycles. The van der Waals surface area contributed by atoms with Crippen molar-refractivity contribution in [3.8, 4) is 22.6 Å². The van der Waals surface area contributed by atoms with Crippen molar-refractivity contribution in [1.82, 2.24) is 0 Å². The standard InChI is InChI=1S/C16H14O3/c1-10(17)19-14-4-6-16-12(9-14)7-11-8-13(18-2)3-5-15(11)16/h3-6,8-9H,7H2,1-2H3. The van der Waals surface area contributed by atoms with Crippen molar-refractivity contribution in [3.05, 3.63) is 47.5 Å². The highest BCUT2D eigenvalue weighted by Gasteiger charge is 2.19. The first-order valence-corrected chi connectivity index (χ1v) is 6.16. The first-order chi connectivity index (χ1) is 9.17. The Bertz CT molecular complexity index is 659. The first-order valence-electron chi connectivity index (χ1n) is 6.16. The molecule has 0 bridgehead atoms. The van der Waals surface area contributed by atoms with E-state index in [-0.39, 0.29) is 5.97 Å². The Morgan fingerprint density at radius 3 is 2.16 bits per heavy atom. The van der Waals surface area contributed by atoms with Crippen LogP contribution in [0.25, 0.3) is 11.1 Å². The van der Waals surface area contributed by atoms with Crippen LogP contribution in [0, 0.1) is 0 Å². The van der Waals surface area contributed by atoms with E-state index < -0.39 is 0 Å². The van der Waals surface area contributed by atoms with Crippen LogP contribution in [0.4, 0.5) is 0 Å². The molecule has 0 saturated carbocycles. The maximum atomic E-state index is 11.0. The van der Waals surface area contributed by atoms with E-state index in [0.717, 1.165) is 12.2 Å². The van der Waals surface area contributed by atoms with Crippen LogP contribution in [-0.4, -0.2) is 13.1 Å². The molecule has 96 valence electrons. The monoisotopic (exact) mass is 254 g/mol. The van der Waals surface area contributed by atoms with Gasteiger partial charge in [0.2, 0.25) is 0 Å². The van der Waals surface area contributed by atoms with Gasteiger partial charge < -0.3 is 9.47 Å². The molecule has 2 aromatic rings. The van der Waals surface area contributed by atoms with E-state index in [0.29, 0.717) is 5.75 Å². The van der Waals surface area contributed by atoms with Gasteiger partial charge in [0.05, 0.1) is 7.11 Å². The van der Waals surface area contributed by atoms with E-state index in [4.69, 9.17) is 9.47 Å². The molecule has 0 spiro atoms. The molecule has 0 saturated heterocycles. The number of carbonyl (C=O) groups excluding carboxylic acids is 1. The molecular formula is C16H14O3. The Morgan fingerprint density at radius 1 is 1.00 bits per heavy atom. The van der Waals surface area contributed by atoms with Crippen LogP contribution >= 0.6 is 0 Å². The van der Waals surface area contributed by atoms with Gasteiger partial charge in [0.25, 0.3) is 0 Å². The number of benzene rings is 2. The summed E-state index contributed by atoms with van der Waals surface area (Å²) in [5.41, 5.74) is 4.86. The smallest absolute Gasteiger partial charge is 0.308 e. The van der Waals surface area contributed by atoms with Gasteiger partial charge in [-0.3, -0.25) is 4.79 Å². The minimum Gasteiger partial charge on any atom is -0.497 e. The number of ether oxygens (including phenoxy) is 2. The number of fused-ring (bicyclic) bond motifs is 3. The largest absolute Gasteiger partial charge is 0.497 e. The zero-order chi connectivity index (χ0) is 13.4. The third kappa shape index (κ3) is 2.08. The quantitative estimate of drug-likeness (QED) is 0.520. The zero-order valence-electron chi connectivity index (χ0n) is 10.9. The van der Waals surface area contributed by atoms with E-state index >= 15 is 0 Å². The molecule has 0 amide bonds. The highest BCUT2D eigenvalue weighted by atomic mass is 16.5. The molecule has 0 fully saturated rings. The van der Waals surface area contributed by atoms with Gasteiger partial charge in [0.15, 0.2) is 0 Å². The summed E-state index contributed by atoms with van der Waals surface area (Å²) < 4.78 is 10.4. The Kier molecular flexibility index (Phi) is 2.75. The summed E-state index contributed by atoms with van der Waals surface area (Å²) in [6.45, 7) is 1.41. The Morgan fingerprint density at radius 2 is 1.58 bits per heavy atom. The fourth-order valence-electron chi connectivity index (χ4n) is 2.52. The van der Waals surface area contributed by atoms with Gasteiger partial charge in [-0.2, -0.15) is 0 Å². The lowest BCUT2D eigenvalue weighted by molar-refractivity contribution is -0.131. The van der Waals surface area contributed by atoms with Crippen molar-refractivity contribution in [2.45, 2.75) is 13.3 Å². The summed E-state index contributed by atoms with van der Waals surface area (Å²) in [7, 11) is 1.67. The number of hydrogen-bond donors (Lipinski definition) is 0. The van der Waals surface area contributed by atoms with Crippen molar-refractivity contribution in [3.63, 3.8) is 0 Å². The molecule has 3 rings (SSSR count). The number of methoxy groups -OCH3 is 1. The maximum absolute atomic E-state index is 11.0. The number of esters is 1. The fourth-order valence-corrected chi connectivity index (χ4v) is 2.52. The summed E-state index contributed by atoms with van der Waals surface area (Å²) >= 11 is 0. The minimum absolute atomic E-state index is 0.294. The molecule has 0 aromatic heterocycles. The summed E-state index contributed by atoms with van der Waals surface area (Å²) in [6.07, 6.45) is 0.844. The average Bonchev–Trinajstić information content (AvgIpc) is 2.74. The van der Waals surface area contributed by atoms with E-state index in [1.54, 1.807) is 7.11 Å². The van der Waals surface area contributed by atoms with Crippen molar-refractivity contribution in [2.24, 2.45) is 0 Å². The molecule has 19 heavy (non-hydrogen) atoms. The second-order valence-electron chi connectivity index (χ2n) is 4.61. The van der Waals surface area contributed by atoms with Gasteiger partial charge in [-0.15, -0.1) is 0 Å². The number of carbonyl (C=O) groups is 1. The van der Waals surface area contributed by atoms with Gasteiger partial charge in [-0.05, 0) is 52.9 Å². The topological polar surface area (TPSA) is 35.5 Å². The van der Waals surface area contributed by atoms with Crippen LogP contribution in [0.3, 0.4) is 0 Å². The number of hydrogen-bond acceptors (Lipinski definition) is 3. The molecule has 0 N–H and O–H groups in total. The van der Waals surface area contributed by atoms with Crippen molar-refractivity contribution in [2.75, 3.05) is 7.11 Å². The molecule has 3 nitrogen and oxygen atoms in total. The van der Waals surface area contributed by atoms with Gasteiger partial charge in [0, 0.05) is 6.92 Å². The molecule has 0 atom stereocenters. The zero-order valence-corrected chi connectivity index (χ0v) is 10.9. The van der Waals surface area contributed by atoms with E-state index in [9.17, 15) is 4.79 Å². The highest BCUT2D eigenvalue weighted by molar-refractivity contribution is 5.79. The fraction of sp³-hybridized carbons (Fsp3) is 0.188. The molecule has 3 heteroatoms. The molecular weight excluding hydrogens is 240 g/mol. The van der Waals surface area contributed by atoms with E-state index in [2.05, 4.69) is 12.1 Å². The lowest BCUT2D eigenvalue weighted by Gasteiger charge is -2.05. The summed E-state index contributed by atoms with van der Waals surface area (Å²) in [5, 5.41) is 0. The lowest BCUT2D eigenvalue weighted by atomic mass is 10.1. The van der Waals surface area contributed by atoms with E-state index in [1.807, 2.05) is 24.3 Å². The van der Waals surface area contributed by atoms with Gasteiger partial charge in [-0.25, -0.2) is 0 Å². The number of rotatable bonds is 2. The molecule has 1 aliphatic carbocycles. The van der Waals surface area contributed by atoms with Crippen molar-refractivity contribution < 1.29 is 14.3 Å². The molecule has 0 radical (unpaired) electrons. The van der Waals surface area contributed by atoms with Gasteiger partial charge in [-0.1, -0.05) is 12.1 Å². The normalized spacial score (nSPS) is 11.7. The van der Waals surface area contributed by atoms with Crippen LogP contribution in [0.2, 0.25) is 0 Å². The third-order valence-electron chi connectivity index (χ3n) is 3.32. The first kappa shape index (κ1) is 11.8. The second kappa shape index (κ2) is 4.43. The van der Waals surface area contributed by atoms with Gasteiger partial charge >= 0.3 is 5.97 Å². The SMILES string of the molecule is COc1ccc2c(c1)Cc1cc(OC(C)=O)ccc1-2. The van der Waals surface area contributed by atoms with Crippen LogP contribution in [-0.2, 0) is 11.2 Å². The van der Waals surface area contributed by atoms with Gasteiger partial charge in [0.1, 0.15) is 11.5 Å². The summed E-state index contributed by atoms with van der Waals surface area (Å²) in [5.74, 6) is 1.18. The van der Waals surface area contributed by atoms with Crippen molar-refractivity contribution in [1.29, 1.82) is 0 Å². The Labute approximate surface area is 111 Å². The predicted molar refractivity (Wildman–Crippen MR) is 72.5 cm³/mol. The molecule has 0 unspecified atom stereocenters. The summed E-state index contributed by atoms with van der Waals surface area (Å²) in [6, 6.07) is 11.9. The van der Waals surface area contributed by atoms with Crippen LogP contribution in [0.15, 0.2) is 36.4 Å². The third-order valence-corrected chi connectivity index (χ3v) is 3.32. The molecule has 0 aliphatic heterocycles. The Hall–Kier alpha value is -2.29. The molecule has 1 aliphatic rings. The lowest BCUT2D eigenvalue weighted by Crippen LogP contribution is -2.01. The van der Waals surface area contributed by atoms with Crippen LogP contribution in [0.5, 0.6) is 11.5 Å². The maximum Gasteiger partial charge on any atom is 0.308 e. The highest BCUT2D eigenvalue weighted by Crippen LogP contribution is 2.39.